The average Bonchev–Trinajstić information content (AvgIpc) is 3.16. The molecule has 0 aliphatic rings. The average molecular weight is 347 g/mol. The van der Waals surface area contributed by atoms with Crippen molar-refractivity contribution in [1.82, 2.24) is 15.0 Å². The van der Waals surface area contributed by atoms with Crippen molar-refractivity contribution in [2.45, 2.75) is 19.3 Å². The van der Waals surface area contributed by atoms with Crippen LogP contribution < -0.4 is 5.43 Å². The summed E-state index contributed by atoms with van der Waals surface area (Å²) in [5, 5.41) is 7.92. The molecule has 0 aliphatic heterocycles. The molecule has 0 aliphatic carbocycles. The van der Waals surface area contributed by atoms with Gasteiger partial charge >= 0.3 is 0 Å². The standard InChI is InChI=1S/C15H17N5OS2/c1-15(2,8-21-3)11-6-10-13(17-9-18-14(10)23-11)20-19-7-12-16-4-5-22-12/h4-7,9H,8H2,1-3H3,(H,17,18,20). The first kappa shape index (κ1) is 16.0. The number of hydrogen-bond acceptors (Lipinski definition) is 8. The van der Waals surface area contributed by atoms with Gasteiger partial charge in [0.15, 0.2) is 5.82 Å². The molecule has 3 aromatic heterocycles. The van der Waals surface area contributed by atoms with Crippen molar-refractivity contribution in [2.24, 2.45) is 5.10 Å². The SMILES string of the molecule is COCC(C)(C)c1cc2c(NN=Cc3nccs3)ncnc2s1. The number of thiophene rings is 1. The van der Waals surface area contributed by atoms with Gasteiger partial charge in [0.25, 0.3) is 0 Å². The molecule has 8 heteroatoms. The van der Waals surface area contributed by atoms with Gasteiger partial charge in [0.1, 0.15) is 16.2 Å². The summed E-state index contributed by atoms with van der Waals surface area (Å²) in [6.07, 6.45) is 4.98. The number of nitrogens with one attached hydrogen (secondary N) is 1. The number of nitrogens with zero attached hydrogens (tertiary/aromatic N) is 4. The smallest absolute Gasteiger partial charge is 0.158 e. The highest BCUT2D eigenvalue weighted by molar-refractivity contribution is 7.18. The number of thiazole rings is 1. The predicted molar refractivity (Wildman–Crippen MR) is 95.6 cm³/mol. The van der Waals surface area contributed by atoms with Gasteiger partial charge < -0.3 is 4.74 Å². The molecule has 0 aromatic carbocycles. The lowest BCUT2D eigenvalue weighted by atomic mass is 9.92. The maximum Gasteiger partial charge on any atom is 0.158 e. The Morgan fingerprint density at radius 3 is 2.96 bits per heavy atom. The molecule has 0 saturated carbocycles. The molecule has 0 spiro atoms. The molecule has 0 unspecified atom stereocenters. The van der Waals surface area contributed by atoms with Crippen LogP contribution in [0.3, 0.4) is 0 Å². The van der Waals surface area contributed by atoms with Gasteiger partial charge in [-0.25, -0.2) is 15.0 Å². The third kappa shape index (κ3) is 3.54. The molecule has 23 heavy (non-hydrogen) atoms. The molecular weight excluding hydrogens is 330 g/mol. The summed E-state index contributed by atoms with van der Waals surface area (Å²) in [5.41, 5.74) is 2.92. The Morgan fingerprint density at radius 2 is 2.22 bits per heavy atom. The zero-order valence-electron chi connectivity index (χ0n) is 13.1. The Kier molecular flexibility index (Phi) is 4.65. The van der Waals surface area contributed by atoms with Crippen molar-refractivity contribution in [3.63, 3.8) is 0 Å². The fourth-order valence-electron chi connectivity index (χ4n) is 2.16. The van der Waals surface area contributed by atoms with Crippen LogP contribution in [0.4, 0.5) is 5.82 Å². The number of rotatable bonds is 6. The van der Waals surface area contributed by atoms with Gasteiger partial charge in [0.05, 0.1) is 18.2 Å². The van der Waals surface area contributed by atoms with Crippen LogP contribution in [0.15, 0.2) is 29.1 Å². The summed E-state index contributed by atoms with van der Waals surface area (Å²) in [5.74, 6) is 0.693. The molecule has 6 nitrogen and oxygen atoms in total. The minimum Gasteiger partial charge on any atom is -0.384 e. The molecule has 1 N–H and O–H groups in total. The zero-order valence-corrected chi connectivity index (χ0v) is 14.7. The van der Waals surface area contributed by atoms with E-state index in [1.807, 2.05) is 5.38 Å². The lowest BCUT2D eigenvalue weighted by Crippen LogP contribution is -2.21. The molecule has 120 valence electrons. The van der Waals surface area contributed by atoms with E-state index >= 15 is 0 Å². The van der Waals surface area contributed by atoms with Crippen molar-refractivity contribution in [2.75, 3.05) is 19.1 Å². The van der Waals surface area contributed by atoms with Gasteiger partial charge in [-0.15, -0.1) is 22.7 Å². The van der Waals surface area contributed by atoms with Gasteiger partial charge in [-0.05, 0) is 6.07 Å². The van der Waals surface area contributed by atoms with Crippen LogP contribution in [0.1, 0.15) is 23.7 Å². The molecule has 0 amide bonds. The molecule has 0 bridgehead atoms. The molecule has 0 saturated heterocycles. The first-order valence-corrected chi connectivity index (χ1v) is 8.72. The summed E-state index contributed by atoms with van der Waals surface area (Å²) < 4.78 is 5.32. The fourth-order valence-corrected chi connectivity index (χ4v) is 3.74. The molecule has 3 aromatic rings. The summed E-state index contributed by atoms with van der Waals surface area (Å²) in [4.78, 5) is 14.9. The number of aromatic nitrogens is 3. The molecule has 0 fully saturated rings. The second-order valence-corrected chi connectivity index (χ2v) is 7.57. The van der Waals surface area contributed by atoms with Crippen molar-refractivity contribution in [1.29, 1.82) is 0 Å². The van der Waals surface area contributed by atoms with E-state index in [-0.39, 0.29) is 5.41 Å². The van der Waals surface area contributed by atoms with E-state index in [1.54, 1.807) is 37.2 Å². The Hall–Kier alpha value is -1.90. The molecule has 3 heterocycles. The minimum atomic E-state index is -0.0679. The van der Waals surface area contributed by atoms with E-state index in [0.29, 0.717) is 12.4 Å². The highest BCUT2D eigenvalue weighted by Crippen LogP contribution is 2.35. The largest absolute Gasteiger partial charge is 0.384 e. The number of ether oxygens (including phenoxy) is 1. The highest BCUT2D eigenvalue weighted by atomic mass is 32.1. The second kappa shape index (κ2) is 6.69. The van der Waals surface area contributed by atoms with E-state index in [9.17, 15) is 0 Å². The predicted octanol–water partition coefficient (Wildman–Crippen LogP) is 3.52. The first-order valence-electron chi connectivity index (χ1n) is 7.03. The third-order valence-electron chi connectivity index (χ3n) is 3.30. The van der Waals surface area contributed by atoms with Crippen molar-refractivity contribution in [3.8, 4) is 0 Å². The number of methoxy groups -OCH3 is 1. The summed E-state index contributed by atoms with van der Waals surface area (Å²) in [6, 6.07) is 2.11. The first-order chi connectivity index (χ1) is 11.1. The summed E-state index contributed by atoms with van der Waals surface area (Å²) in [6.45, 7) is 4.96. The zero-order chi connectivity index (χ0) is 16.3. The van der Waals surface area contributed by atoms with Crippen LogP contribution >= 0.6 is 22.7 Å². The van der Waals surface area contributed by atoms with Crippen LogP contribution in [0.25, 0.3) is 10.2 Å². The lowest BCUT2D eigenvalue weighted by Gasteiger charge is -2.21. The maximum atomic E-state index is 5.32. The van der Waals surface area contributed by atoms with E-state index in [2.05, 4.69) is 45.4 Å². The number of hydrogen-bond donors (Lipinski definition) is 1. The number of fused-ring (bicyclic) bond motifs is 1. The van der Waals surface area contributed by atoms with Crippen molar-refractivity contribution >= 4 is 44.9 Å². The molecular formula is C15H17N5OS2. The summed E-state index contributed by atoms with van der Waals surface area (Å²) >= 11 is 3.19. The monoisotopic (exact) mass is 347 g/mol. The normalized spacial score (nSPS) is 12.3. The topological polar surface area (TPSA) is 72.3 Å². The lowest BCUT2D eigenvalue weighted by molar-refractivity contribution is 0.148. The van der Waals surface area contributed by atoms with E-state index in [4.69, 9.17) is 4.74 Å². The van der Waals surface area contributed by atoms with Gasteiger partial charge in [0.2, 0.25) is 0 Å². The van der Waals surface area contributed by atoms with Crippen LogP contribution in [0.5, 0.6) is 0 Å². The van der Waals surface area contributed by atoms with E-state index < -0.39 is 0 Å². The minimum absolute atomic E-state index is 0.0679. The van der Waals surface area contributed by atoms with Crippen LogP contribution in [0, 0.1) is 0 Å². The van der Waals surface area contributed by atoms with E-state index in [1.165, 1.54) is 16.2 Å². The van der Waals surface area contributed by atoms with Crippen LogP contribution in [-0.2, 0) is 10.2 Å². The highest BCUT2D eigenvalue weighted by Gasteiger charge is 2.24. The van der Waals surface area contributed by atoms with Gasteiger partial charge in [-0.3, -0.25) is 5.43 Å². The van der Waals surface area contributed by atoms with Crippen LogP contribution in [0.2, 0.25) is 0 Å². The maximum absolute atomic E-state index is 5.32. The fraction of sp³-hybridized carbons (Fsp3) is 0.333. The van der Waals surface area contributed by atoms with E-state index in [0.717, 1.165) is 15.2 Å². The molecule has 0 atom stereocenters. The summed E-state index contributed by atoms with van der Waals surface area (Å²) in [7, 11) is 1.72. The van der Waals surface area contributed by atoms with Gasteiger partial charge in [-0.1, -0.05) is 13.8 Å². The van der Waals surface area contributed by atoms with Crippen molar-refractivity contribution < 1.29 is 4.74 Å². The number of anilines is 1. The van der Waals surface area contributed by atoms with Gasteiger partial charge in [0, 0.05) is 29.0 Å². The Labute approximate surface area is 142 Å². The Morgan fingerprint density at radius 1 is 1.35 bits per heavy atom. The molecule has 3 rings (SSSR count). The quantitative estimate of drug-likeness (QED) is 0.545. The Bertz CT molecular complexity index is 811. The second-order valence-electron chi connectivity index (χ2n) is 5.61. The van der Waals surface area contributed by atoms with Gasteiger partial charge in [-0.2, -0.15) is 5.10 Å². The molecule has 0 radical (unpaired) electrons. The third-order valence-corrected chi connectivity index (χ3v) is 5.42. The van der Waals surface area contributed by atoms with Crippen molar-refractivity contribution in [3.05, 3.63) is 33.9 Å². The van der Waals surface area contributed by atoms with Crippen LogP contribution in [-0.4, -0.2) is 34.9 Å². The number of hydrazone groups is 1. The Balaban J connectivity index is 1.88.